The van der Waals surface area contributed by atoms with Crippen molar-refractivity contribution in [2.24, 2.45) is 0 Å². The average Bonchev–Trinajstić information content (AvgIpc) is 3.02. The van der Waals surface area contributed by atoms with Gasteiger partial charge in [0, 0.05) is 38.2 Å². The summed E-state index contributed by atoms with van der Waals surface area (Å²) in [4.78, 5) is 19.2. The number of piperazine rings is 1. The number of hydrogen-bond donors (Lipinski definition) is 1. The Bertz CT molecular complexity index is 885. The minimum absolute atomic E-state index is 0. The van der Waals surface area contributed by atoms with Crippen LogP contribution in [0.2, 0.25) is 0 Å². The zero-order valence-electron chi connectivity index (χ0n) is 14.2. The summed E-state index contributed by atoms with van der Waals surface area (Å²) >= 11 is 0. The molecule has 138 valence electrons. The van der Waals surface area contributed by atoms with Crippen molar-refractivity contribution in [3.63, 3.8) is 0 Å². The molecule has 1 atom stereocenters. The van der Waals surface area contributed by atoms with Crippen molar-refractivity contribution in [1.82, 2.24) is 29.8 Å². The van der Waals surface area contributed by atoms with Gasteiger partial charge < -0.3 is 10.2 Å². The van der Waals surface area contributed by atoms with E-state index in [9.17, 15) is 4.79 Å². The van der Waals surface area contributed by atoms with Gasteiger partial charge in [0.2, 0.25) is 0 Å². The quantitative estimate of drug-likeness (QED) is 0.719. The number of aryl methyl sites for hydroxylation is 1. The topological polar surface area (TPSA) is 75.4 Å². The van der Waals surface area contributed by atoms with Gasteiger partial charge in [0.05, 0.1) is 11.6 Å². The molecule has 1 saturated heterocycles. The van der Waals surface area contributed by atoms with Crippen LogP contribution in [0.4, 0.5) is 0 Å². The largest absolute Gasteiger partial charge is 0.329 e. The van der Waals surface area contributed by atoms with Crippen LogP contribution >= 0.6 is 24.8 Å². The number of hydrogen-bond acceptors (Lipinski definition) is 5. The van der Waals surface area contributed by atoms with Crippen LogP contribution in [0.5, 0.6) is 0 Å². The SMILES string of the molecule is Cc1nnc2ccc(C(=O)N3CCNCC3c3cccnc3)cn12.Cl.Cl. The van der Waals surface area contributed by atoms with E-state index in [1.165, 1.54) is 0 Å². The zero-order valence-corrected chi connectivity index (χ0v) is 15.8. The van der Waals surface area contributed by atoms with Gasteiger partial charge in [0.25, 0.3) is 5.91 Å². The summed E-state index contributed by atoms with van der Waals surface area (Å²) < 4.78 is 1.84. The number of rotatable bonds is 2. The summed E-state index contributed by atoms with van der Waals surface area (Å²) in [6.45, 7) is 4.05. The smallest absolute Gasteiger partial charge is 0.255 e. The van der Waals surface area contributed by atoms with Crippen molar-refractivity contribution in [1.29, 1.82) is 0 Å². The van der Waals surface area contributed by atoms with E-state index in [-0.39, 0.29) is 36.8 Å². The second kappa shape index (κ2) is 8.44. The monoisotopic (exact) mass is 394 g/mol. The highest BCUT2D eigenvalue weighted by molar-refractivity contribution is 5.94. The van der Waals surface area contributed by atoms with Crippen LogP contribution in [0.15, 0.2) is 42.9 Å². The fourth-order valence-corrected chi connectivity index (χ4v) is 3.12. The van der Waals surface area contributed by atoms with Gasteiger partial charge in [0.1, 0.15) is 5.82 Å². The number of amides is 1. The zero-order chi connectivity index (χ0) is 16.5. The highest BCUT2D eigenvalue weighted by Gasteiger charge is 2.29. The molecule has 0 saturated carbocycles. The lowest BCUT2D eigenvalue weighted by Gasteiger charge is -2.36. The first-order chi connectivity index (χ1) is 11.7. The van der Waals surface area contributed by atoms with Crippen molar-refractivity contribution in [3.8, 4) is 0 Å². The Morgan fingerprint density at radius 2 is 2.08 bits per heavy atom. The molecule has 1 aliphatic rings. The molecule has 9 heteroatoms. The molecule has 1 amide bonds. The maximum absolute atomic E-state index is 13.1. The molecule has 7 nitrogen and oxygen atoms in total. The first-order valence-electron chi connectivity index (χ1n) is 7.97. The molecule has 1 aliphatic heterocycles. The minimum Gasteiger partial charge on any atom is -0.329 e. The lowest BCUT2D eigenvalue weighted by molar-refractivity contribution is 0.0633. The number of carbonyl (C=O) groups excluding carboxylic acids is 1. The molecule has 1 unspecified atom stereocenters. The van der Waals surface area contributed by atoms with Crippen molar-refractivity contribution in [2.75, 3.05) is 19.6 Å². The second-order valence-corrected chi connectivity index (χ2v) is 5.90. The molecular formula is C17H20Cl2N6O. The van der Waals surface area contributed by atoms with Gasteiger partial charge in [-0.05, 0) is 30.7 Å². The molecule has 3 aromatic rings. The molecule has 4 heterocycles. The van der Waals surface area contributed by atoms with Gasteiger partial charge in [-0.15, -0.1) is 35.0 Å². The Labute approximate surface area is 163 Å². The maximum atomic E-state index is 13.1. The van der Waals surface area contributed by atoms with Gasteiger partial charge in [-0.3, -0.25) is 14.2 Å². The standard InChI is InChI=1S/C17H18N6O.2ClH/c1-12-20-21-16-5-4-14(11-23(12)16)17(24)22-8-7-19-10-15(22)13-3-2-6-18-9-13;;/h2-6,9,11,15,19H,7-8,10H2,1H3;2*1H. The molecule has 4 rings (SSSR count). The number of fused-ring (bicyclic) bond motifs is 1. The highest BCUT2D eigenvalue weighted by atomic mass is 35.5. The lowest BCUT2D eigenvalue weighted by atomic mass is 10.0. The Hall–Kier alpha value is -2.22. The molecule has 0 radical (unpaired) electrons. The number of carbonyl (C=O) groups is 1. The van der Waals surface area contributed by atoms with Gasteiger partial charge in [-0.25, -0.2) is 0 Å². The highest BCUT2D eigenvalue weighted by Crippen LogP contribution is 2.23. The Morgan fingerprint density at radius 3 is 2.85 bits per heavy atom. The molecule has 0 bridgehead atoms. The third-order valence-corrected chi connectivity index (χ3v) is 4.39. The normalized spacial score (nSPS) is 16.7. The van der Waals surface area contributed by atoms with E-state index >= 15 is 0 Å². The Kier molecular flexibility index (Phi) is 6.52. The number of nitrogens with one attached hydrogen (secondary N) is 1. The molecule has 0 aromatic carbocycles. The van der Waals surface area contributed by atoms with Gasteiger partial charge in [-0.2, -0.15) is 0 Å². The van der Waals surface area contributed by atoms with E-state index in [0.29, 0.717) is 12.1 Å². The molecule has 0 aliphatic carbocycles. The fraction of sp³-hybridized carbons (Fsp3) is 0.294. The van der Waals surface area contributed by atoms with Crippen LogP contribution < -0.4 is 5.32 Å². The van der Waals surface area contributed by atoms with Crippen molar-refractivity contribution >= 4 is 36.4 Å². The molecular weight excluding hydrogens is 375 g/mol. The van der Waals surface area contributed by atoms with E-state index in [1.807, 2.05) is 52.9 Å². The average molecular weight is 395 g/mol. The van der Waals surface area contributed by atoms with Crippen LogP contribution in [0.25, 0.3) is 5.65 Å². The summed E-state index contributed by atoms with van der Waals surface area (Å²) in [6, 6.07) is 7.54. The number of pyridine rings is 2. The first kappa shape index (κ1) is 20.1. The van der Waals surface area contributed by atoms with Gasteiger partial charge in [0.15, 0.2) is 5.65 Å². The van der Waals surface area contributed by atoms with Crippen LogP contribution in [0, 0.1) is 6.92 Å². The van der Waals surface area contributed by atoms with Crippen LogP contribution in [0.1, 0.15) is 27.8 Å². The van der Waals surface area contributed by atoms with Crippen molar-refractivity contribution < 1.29 is 4.79 Å². The second-order valence-electron chi connectivity index (χ2n) is 5.90. The Balaban J connectivity index is 0.00000121. The van der Waals surface area contributed by atoms with E-state index in [1.54, 1.807) is 6.20 Å². The van der Waals surface area contributed by atoms with Gasteiger partial charge in [-0.1, -0.05) is 6.07 Å². The molecule has 1 N–H and O–H groups in total. The molecule has 26 heavy (non-hydrogen) atoms. The summed E-state index contributed by atoms with van der Waals surface area (Å²) in [5, 5.41) is 11.5. The molecule has 1 fully saturated rings. The summed E-state index contributed by atoms with van der Waals surface area (Å²) in [5.41, 5.74) is 2.42. The predicted octanol–water partition coefficient (Wildman–Crippen LogP) is 2.06. The van der Waals surface area contributed by atoms with Crippen LogP contribution in [-0.2, 0) is 0 Å². The third-order valence-electron chi connectivity index (χ3n) is 4.39. The third kappa shape index (κ3) is 3.65. The Morgan fingerprint density at radius 1 is 1.23 bits per heavy atom. The first-order valence-corrected chi connectivity index (χ1v) is 7.97. The number of halogens is 2. The summed E-state index contributed by atoms with van der Waals surface area (Å²) in [7, 11) is 0. The predicted molar refractivity (Wildman–Crippen MR) is 103 cm³/mol. The van der Waals surface area contributed by atoms with Crippen LogP contribution in [0.3, 0.4) is 0 Å². The van der Waals surface area contributed by atoms with Crippen molar-refractivity contribution in [3.05, 3.63) is 59.8 Å². The number of nitrogens with zero attached hydrogens (tertiary/aromatic N) is 5. The minimum atomic E-state index is -0.0161. The summed E-state index contributed by atoms with van der Waals surface area (Å²) in [5.74, 6) is 0.782. The number of aromatic nitrogens is 4. The fourth-order valence-electron chi connectivity index (χ4n) is 3.12. The lowest BCUT2D eigenvalue weighted by Crippen LogP contribution is -2.48. The van der Waals surface area contributed by atoms with Crippen LogP contribution in [-0.4, -0.2) is 50.0 Å². The van der Waals surface area contributed by atoms with Crippen molar-refractivity contribution in [2.45, 2.75) is 13.0 Å². The van der Waals surface area contributed by atoms with Gasteiger partial charge >= 0.3 is 0 Å². The molecule has 0 spiro atoms. The molecule has 3 aromatic heterocycles. The van der Waals surface area contributed by atoms with E-state index in [0.717, 1.165) is 30.1 Å². The van der Waals surface area contributed by atoms with E-state index in [2.05, 4.69) is 20.5 Å². The van der Waals surface area contributed by atoms with E-state index < -0.39 is 0 Å². The van der Waals surface area contributed by atoms with E-state index in [4.69, 9.17) is 0 Å². The summed E-state index contributed by atoms with van der Waals surface area (Å²) in [6.07, 6.45) is 5.38. The maximum Gasteiger partial charge on any atom is 0.255 e.